The van der Waals surface area contributed by atoms with Gasteiger partial charge in [-0.05, 0) is 43.3 Å². The fourth-order valence-electron chi connectivity index (χ4n) is 2.26. The van der Waals surface area contributed by atoms with Gasteiger partial charge in [0.15, 0.2) is 0 Å². The SMILES string of the molecule is CCOC(=O)c1ccc(Nc2cc(NCc3ccccn3)ncn2)cc1. The quantitative estimate of drug-likeness (QED) is 0.632. The van der Waals surface area contributed by atoms with E-state index in [1.807, 2.05) is 24.3 Å². The summed E-state index contributed by atoms with van der Waals surface area (Å²) in [5.41, 5.74) is 2.25. The Morgan fingerprint density at radius 1 is 1.04 bits per heavy atom. The normalized spacial score (nSPS) is 10.2. The fraction of sp³-hybridized carbons (Fsp3) is 0.158. The second-order valence-electron chi connectivity index (χ2n) is 5.39. The molecule has 0 fully saturated rings. The third-order valence-electron chi connectivity index (χ3n) is 3.51. The fourth-order valence-corrected chi connectivity index (χ4v) is 2.26. The number of carbonyl (C=O) groups is 1. The molecule has 1 aromatic carbocycles. The molecule has 3 aromatic rings. The minimum Gasteiger partial charge on any atom is -0.462 e. The molecule has 0 atom stereocenters. The van der Waals surface area contributed by atoms with Crippen molar-refractivity contribution in [1.29, 1.82) is 0 Å². The summed E-state index contributed by atoms with van der Waals surface area (Å²) in [5.74, 6) is 1.01. The third-order valence-corrected chi connectivity index (χ3v) is 3.51. The van der Waals surface area contributed by atoms with Crippen molar-refractivity contribution in [2.45, 2.75) is 13.5 Å². The van der Waals surface area contributed by atoms with Crippen LogP contribution in [0.4, 0.5) is 17.3 Å². The van der Waals surface area contributed by atoms with Crippen LogP contribution in [0.3, 0.4) is 0 Å². The van der Waals surface area contributed by atoms with Crippen molar-refractivity contribution in [2.75, 3.05) is 17.2 Å². The number of anilines is 3. The Labute approximate surface area is 151 Å². The standard InChI is InChI=1S/C19H19N5O2/c1-2-26-19(25)14-6-8-15(9-7-14)24-18-11-17(22-13-23-18)21-12-16-5-3-4-10-20-16/h3-11,13H,2,12H2,1H3,(H2,21,22,23,24). The Morgan fingerprint density at radius 2 is 1.85 bits per heavy atom. The van der Waals surface area contributed by atoms with Crippen LogP contribution in [0.5, 0.6) is 0 Å². The predicted molar refractivity (Wildman–Crippen MR) is 99.3 cm³/mol. The Kier molecular flexibility index (Phi) is 5.72. The lowest BCUT2D eigenvalue weighted by atomic mass is 10.2. The van der Waals surface area contributed by atoms with E-state index < -0.39 is 0 Å². The van der Waals surface area contributed by atoms with Gasteiger partial charge in [-0.2, -0.15) is 0 Å². The zero-order valence-corrected chi connectivity index (χ0v) is 14.3. The molecule has 26 heavy (non-hydrogen) atoms. The van der Waals surface area contributed by atoms with Crippen LogP contribution in [-0.4, -0.2) is 27.5 Å². The van der Waals surface area contributed by atoms with E-state index in [1.165, 1.54) is 6.33 Å². The molecule has 2 N–H and O–H groups in total. The number of rotatable bonds is 7. The summed E-state index contributed by atoms with van der Waals surface area (Å²) in [6.07, 6.45) is 3.24. The zero-order valence-electron chi connectivity index (χ0n) is 14.3. The van der Waals surface area contributed by atoms with Crippen molar-refractivity contribution in [1.82, 2.24) is 15.0 Å². The lowest BCUT2D eigenvalue weighted by Crippen LogP contribution is -2.05. The van der Waals surface area contributed by atoms with Crippen LogP contribution in [0.15, 0.2) is 61.1 Å². The highest BCUT2D eigenvalue weighted by atomic mass is 16.5. The first-order chi connectivity index (χ1) is 12.7. The summed E-state index contributed by atoms with van der Waals surface area (Å²) in [6.45, 7) is 2.71. The monoisotopic (exact) mass is 349 g/mol. The van der Waals surface area contributed by atoms with Gasteiger partial charge in [0.25, 0.3) is 0 Å². The number of pyridine rings is 1. The molecule has 0 bridgehead atoms. The molecule has 2 aromatic heterocycles. The molecule has 0 aliphatic heterocycles. The first-order valence-electron chi connectivity index (χ1n) is 8.24. The van der Waals surface area contributed by atoms with E-state index in [2.05, 4.69) is 25.6 Å². The van der Waals surface area contributed by atoms with Gasteiger partial charge < -0.3 is 15.4 Å². The minimum atomic E-state index is -0.331. The van der Waals surface area contributed by atoms with Gasteiger partial charge in [0.05, 0.1) is 24.4 Å². The van der Waals surface area contributed by atoms with E-state index in [1.54, 1.807) is 37.4 Å². The maximum absolute atomic E-state index is 11.7. The van der Waals surface area contributed by atoms with Gasteiger partial charge in [0.1, 0.15) is 18.0 Å². The molecule has 0 saturated carbocycles. The molecule has 7 heteroatoms. The van der Waals surface area contributed by atoms with Crippen LogP contribution in [0.25, 0.3) is 0 Å². The number of hydrogen-bond donors (Lipinski definition) is 2. The Bertz CT molecular complexity index is 853. The second kappa shape index (κ2) is 8.57. The van der Waals surface area contributed by atoms with Crippen molar-refractivity contribution in [3.63, 3.8) is 0 Å². The Balaban J connectivity index is 1.62. The maximum Gasteiger partial charge on any atom is 0.338 e. The molecule has 132 valence electrons. The number of ether oxygens (including phenoxy) is 1. The molecule has 7 nitrogen and oxygen atoms in total. The van der Waals surface area contributed by atoms with Crippen molar-refractivity contribution >= 4 is 23.3 Å². The van der Waals surface area contributed by atoms with E-state index in [0.29, 0.717) is 30.4 Å². The average molecular weight is 349 g/mol. The molecule has 0 saturated heterocycles. The largest absolute Gasteiger partial charge is 0.462 e. The molecular weight excluding hydrogens is 330 g/mol. The smallest absolute Gasteiger partial charge is 0.338 e. The van der Waals surface area contributed by atoms with Gasteiger partial charge in [-0.25, -0.2) is 14.8 Å². The predicted octanol–water partition coefficient (Wildman–Crippen LogP) is 3.40. The van der Waals surface area contributed by atoms with Gasteiger partial charge in [-0.15, -0.1) is 0 Å². The van der Waals surface area contributed by atoms with Gasteiger partial charge in [0, 0.05) is 18.0 Å². The van der Waals surface area contributed by atoms with Gasteiger partial charge in [-0.1, -0.05) is 6.07 Å². The number of nitrogens with zero attached hydrogens (tertiary/aromatic N) is 3. The van der Waals surface area contributed by atoms with Crippen molar-refractivity contribution in [3.05, 3.63) is 72.3 Å². The summed E-state index contributed by atoms with van der Waals surface area (Å²) >= 11 is 0. The Hall–Kier alpha value is -3.48. The number of aromatic nitrogens is 3. The molecule has 3 rings (SSSR count). The first kappa shape index (κ1) is 17.3. The highest BCUT2D eigenvalue weighted by Gasteiger charge is 2.06. The number of nitrogens with one attached hydrogen (secondary N) is 2. The van der Waals surface area contributed by atoms with E-state index in [-0.39, 0.29) is 5.97 Å². The van der Waals surface area contributed by atoms with Crippen LogP contribution < -0.4 is 10.6 Å². The molecule has 0 spiro atoms. The summed E-state index contributed by atoms with van der Waals surface area (Å²) < 4.78 is 4.97. The highest BCUT2D eigenvalue weighted by Crippen LogP contribution is 2.17. The summed E-state index contributed by atoms with van der Waals surface area (Å²) in [6, 6.07) is 14.6. The second-order valence-corrected chi connectivity index (χ2v) is 5.39. The van der Waals surface area contributed by atoms with E-state index >= 15 is 0 Å². The van der Waals surface area contributed by atoms with Crippen LogP contribution >= 0.6 is 0 Å². The van der Waals surface area contributed by atoms with Gasteiger partial charge in [-0.3, -0.25) is 4.98 Å². The van der Waals surface area contributed by atoms with Crippen molar-refractivity contribution in [2.24, 2.45) is 0 Å². The molecule has 0 amide bonds. The van der Waals surface area contributed by atoms with Gasteiger partial charge >= 0.3 is 5.97 Å². The summed E-state index contributed by atoms with van der Waals surface area (Å²) in [5, 5.41) is 6.39. The van der Waals surface area contributed by atoms with Crippen LogP contribution in [0, 0.1) is 0 Å². The number of esters is 1. The topological polar surface area (TPSA) is 89.0 Å². The number of carbonyl (C=O) groups excluding carboxylic acids is 1. The summed E-state index contributed by atoms with van der Waals surface area (Å²) in [4.78, 5) is 24.3. The molecule has 0 radical (unpaired) electrons. The first-order valence-corrected chi connectivity index (χ1v) is 8.24. The lowest BCUT2D eigenvalue weighted by Gasteiger charge is -2.09. The molecule has 0 aliphatic rings. The average Bonchev–Trinajstić information content (AvgIpc) is 2.68. The Morgan fingerprint density at radius 3 is 2.58 bits per heavy atom. The maximum atomic E-state index is 11.7. The molecule has 0 unspecified atom stereocenters. The van der Waals surface area contributed by atoms with E-state index in [4.69, 9.17) is 4.74 Å². The van der Waals surface area contributed by atoms with Gasteiger partial charge in [0.2, 0.25) is 0 Å². The number of benzene rings is 1. The molecular formula is C19H19N5O2. The highest BCUT2D eigenvalue weighted by molar-refractivity contribution is 5.89. The summed E-state index contributed by atoms with van der Waals surface area (Å²) in [7, 11) is 0. The lowest BCUT2D eigenvalue weighted by molar-refractivity contribution is 0.0526. The van der Waals surface area contributed by atoms with Crippen LogP contribution in [0.1, 0.15) is 23.0 Å². The van der Waals surface area contributed by atoms with Crippen LogP contribution in [-0.2, 0) is 11.3 Å². The van der Waals surface area contributed by atoms with E-state index in [9.17, 15) is 4.79 Å². The zero-order chi connectivity index (χ0) is 18.2. The van der Waals surface area contributed by atoms with Crippen molar-refractivity contribution in [3.8, 4) is 0 Å². The number of hydrogen-bond acceptors (Lipinski definition) is 7. The minimum absolute atomic E-state index is 0.331. The third kappa shape index (κ3) is 4.76. The van der Waals surface area contributed by atoms with Crippen LogP contribution in [0.2, 0.25) is 0 Å². The molecule has 0 aliphatic carbocycles. The molecule has 2 heterocycles. The van der Waals surface area contributed by atoms with Crippen molar-refractivity contribution < 1.29 is 9.53 Å². The van der Waals surface area contributed by atoms with E-state index in [0.717, 1.165) is 11.4 Å².